The van der Waals surface area contributed by atoms with E-state index in [1.54, 1.807) is 6.20 Å². The molecule has 100 valence electrons. The van der Waals surface area contributed by atoms with E-state index in [0.29, 0.717) is 5.02 Å². The van der Waals surface area contributed by atoms with Crippen molar-refractivity contribution in [2.75, 3.05) is 18.1 Å². The second-order valence-corrected chi connectivity index (χ2v) is 5.69. The lowest BCUT2D eigenvalue weighted by molar-refractivity contribution is 0.889. The Morgan fingerprint density at radius 1 is 1.37 bits per heavy atom. The fourth-order valence-corrected chi connectivity index (χ4v) is 2.82. The molecule has 0 aliphatic carbocycles. The zero-order valence-corrected chi connectivity index (χ0v) is 12.9. The van der Waals surface area contributed by atoms with Gasteiger partial charge in [-0.15, -0.1) is 0 Å². The minimum atomic E-state index is 0.627. The molecule has 0 fully saturated rings. The molecule has 0 aromatic carbocycles. The average Bonchev–Trinajstić information content (AvgIpc) is 2.41. The highest BCUT2D eigenvalue weighted by molar-refractivity contribution is 7.99. The van der Waals surface area contributed by atoms with Crippen molar-refractivity contribution in [3.05, 3.63) is 29.4 Å². The third-order valence-corrected chi connectivity index (χ3v) is 4.05. The highest BCUT2D eigenvalue weighted by Crippen LogP contribution is 2.31. The normalized spacial score (nSPS) is 10.5. The highest BCUT2D eigenvalue weighted by Gasteiger charge is 2.08. The lowest BCUT2D eigenvalue weighted by Crippen LogP contribution is -2.01. The summed E-state index contributed by atoms with van der Waals surface area (Å²) in [5, 5.41) is 6.13. The molecule has 2 aromatic heterocycles. The summed E-state index contributed by atoms with van der Waals surface area (Å²) >= 11 is 9.05. The van der Waals surface area contributed by atoms with Crippen LogP contribution < -0.4 is 5.32 Å². The summed E-state index contributed by atoms with van der Waals surface area (Å²) < 4.78 is 0. The summed E-state index contributed by atoms with van der Waals surface area (Å²) in [5.41, 5.74) is 0. The number of hydrogen-bond donors (Lipinski definition) is 1. The Balaban J connectivity index is 2.29. The summed E-state index contributed by atoms with van der Waals surface area (Å²) in [7, 11) is 0. The van der Waals surface area contributed by atoms with Crippen molar-refractivity contribution in [3.8, 4) is 0 Å². The Labute approximate surface area is 125 Å². The standard InChI is InChI=1S/C12H13ClN4S2/c1-3-14-9-7-10(17-12(16-9)18-2)19-11-8(13)5-4-6-15-11/h4-7H,3H2,1-2H3,(H,14,16,17). The largest absolute Gasteiger partial charge is 0.370 e. The first kappa shape index (κ1) is 14.4. The van der Waals surface area contributed by atoms with Crippen LogP contribution in [-0.4, -0.2) is 27.8 Å². The van der Waals surface area contributed by atoms with Crippen LogP contribution in [0, 0.1) is 0 Å². The van der Waals surface area contributed by atoms with E-state index in [4.69, 9.17) is 11.6 Å². The number of thioether (sulfide) groups is 1. The second-order valence-electron chi connectivity index (χ2n) is 3.50. The van der Waals surface area contributed by atoms with E-state index in [0.717, 1.165) is 27.6 Å². The SMILES string of the molecule is CCNc1cc(Sc2ncccc2Cl)nc(SC)n1. The molecular formula is C12H13ClN4S2. The lowest BCUT2D eigenvalue weighted by atomic mass is 10.5. The molecule has 2 rings (SSSR count). The van der Waals surface area contributed by atoms with Crippen LogP contribution in [0.25, 0.3) is 0 Å². The van der Waals surface area contributed by atoms with Gasteiger partial charge in [0.05, 0.1) is 5.02 Å². The molecule has 0 spiro atoms. The number of halogens is 1. The van der Waals surface area contributed by atoms with Crippen molar-refractivity contribution in [2.45, 2.75) is 22.1 Å². The maximum atomic E-state index is 6.10. The summed E-state index contributed by atoms with van der Waals surface area (Å²) in [6.45, 7) is 2.85. The molecule has 19 heavy (non-hydrogen) atoms. The molecule has 4 nitrogen and oxygen atoms in total. The molecule has 2 aromatic rings. The summed E-state index contributed by atoms with van der Waals surface area (Å²) in [6, 6.07) is 5.53. The predicted octanol–water partition coefficient (Wildman–Crippen LogP) is 3.83. The zero-order valence-electron chi connectivity index (χ0n) is 10.6. The molecule has 0 unspecified atom stereocenters. The van der Waals surface area contributed by atoms with Gasteiger partial charge in [0.1, 0.15) is 15.9 Å². The van der Waals surface area contributed by atoms with E-state index >= 15 is 0 Å². The van der Waals surface area contributed by atoms with Gasteiger partial charge in [-0.25, -0.2) is 15.0 Å². The van der Waals surface area contributed by atoms with Gasteiger partial charge in [-0.2, -0.15) is 0 Å². The first-order chi connectivity index (χ1) is 9.22. The van der Waals surface area contributed by atoms with Gasteiger partial charge in [-0.05, 0) is 37.1 Å². The molecule has 0 saturated carbocycles. The summed E-state index contributed by atoms with van der Waals surface area (Å²) in [5.74, 6) is 0.816. The minimum absolute atomic E-state index is 0.627. The number of rotatable bonds is 5. The molecule has 0 radical (unpaired) electrons. The van der Waals surface area contributed by atoms with Crippen molar-refractivity contribution in [1.29, 1.82) is 0 Å². The molecule has 0 saturated heterocycles. The van der Waals surface area contributed by atoms with Crippen molar-refractivity contribution in [3.63, 3.8) is 0 Å². The van der Waals surface area contributed by atoms with Gasteiger partial charge in [-0.1, -0.05) is 23.4 Å². The van der Waals surface area contributed by atoms with E-state index in [2.05, 4.69) is 20.3 Å². The quantitative estimate of drug-likeness (QED) is 0.514. The van der Waals surface area contributed by atoms with Gasteiger partial charge in [0.25, 0.3) is 0 Å². The number of nitrogens with one attached hydrogen (secondary N) is 1. The molecule has 0 aliphatic heterocycles. The van der Waals surface area contributed by atoms with Crippen LogP contribution in [0.3, 0.4) is 0 Å². The monoisotopic (exact) mass is 312 g/mol. The Bertz CT molecular complexity index is 565. The zero-order chi connectivity index (χ0) is 13.7. The van der Waals surface area contributed by atoms with Gasteiger partial charge >= 0.3 is 0 Å². The number of nitrogens with zero attached hydrogens (tertiary/aromatic N) is 3. The first-order valence-electron chi connectivity index (χ1n) is 5.68. The van der Waals surface area contributed by atoms with Crippen molar-refractivity contribution in [1.82, 2.24) is 15.0 Å². The lowest BCUT2D eigenvalue weighted by Gasteiger charge is -2.07. The van der Waals surface area contributed by atoms with Gasteiger partial charge in [-0.3, -0.25) is 0 Å². The van der Waals surface area contributed by atoms with Crippen LogP contribution in [0.15, 0.2) is 39.6 Å². The van der Waals surface area contributed by atoms with E-state index in [9.17, 15) is 0 Å². The van der Waals surface area contributed by atoms with Gasteiger partial charge in [0, 0.05) is 18.8 Å². The minimum Gasteiger partial charge on any atom is -0.370 e. The molecule has 2 heterocycles. The maximum absolute atomic E-state index is 6.10. The predicted molar refractivity (Wildman–Crippen MR) is 81.3 cm³/mol. The van der Waals surface area contributed by atoms with Gasteiger partial charge in [0.2, 0.25) is 0 Å². The van der Waals surface area contributed by atoms with E-state index in [-0.39, 0.29) is 0 Å². The summed E-state index contributed by atoms with van der Waals surface area (Å²) in [6.07, 6.45) is 3.67. The van der Waals surface area contributed by atoms with Crippen molar-refractivity contribution < 1.29 is 0 Å². The fraction of sp³-hybridized carbons (Fsp3) is 0.250. The van der Waals surface area contributed by atoms with Gasteiger partial charge < -0.3 is 5.32 Å². The Morgan fingerprint density at radius 3 is 2.89 bits per heavy atom. The smallest absolute Gasteiger partial charge is 0.190 e. The third-order valence-electron chi connectivity index (χ3n) is 2.15. The second kappa shape index (κ2) is 6.98. The van der Waals surface area contributed by atoms with Crippen molar-refractivity contribution in [2.24, 2.45) is 0 Å². The Morgan fingerprint density at radius 2 is 2.21 bits per heavy atom. The molecule has 0 aliphatic rings. The van der Waals surface area contributed by atoms with Crippen LogP contribution in [-0.2, 0) is 0 Å². The number of anilines is 1. The van der Waals surface area contributed by atoms with Crippen LogP contribution in [0.5, 0.6) is 0 Å². The average molecular weight is 313 g/mol. The summed E-state index contributed by atoms with van der Waals surface area (Å²) in [4.78, 5) is 13.1. The maximum Gasteiger partial charge on any atom is 0.190 e. The van der Waals surface area contributed by atoms with E-state index < -0.39 is 0 Å². The first-order valence-corrected chi connectivity index (χ1v) is 8.10. The third kappa shape index (κ3) is 3.99. The molecular weight excluding hydrogens is 300 g/mol. The van der Waals surface area contributed by atoms with Crippen molar-refractivity contribution >= 4 is 40.9 Å². The molecule has 0 bridgehead atoms. The number of pyridine rings is 1. The fourth-order valence-electron chi connectivity index (χ4n) is 1.36. The molecule has 0 amide bonds. The van der Waals surface area contributed by atoms with Crippen LogP contribution in [0.4, 0.5) is 5.82 Å². The van der Waals surface area contributed by atoms with Crippen LogP contribution in [0.2, 0.25) is 5.02 Å². The molecule has 0 atom stereocenters. The van der Waals surface area contributed by atoms with Gasteiger partial charge in [0.15, 0.2) is 5.16 Å². The number of aromatic nitrogens is 3. The van der Waals surface area contributed by atoms with Crippen LogP contribution in [0.1, 0.15) is 6.92 Å². The highest BCUT2D eigenvalue weighted by atomic mass is 35.5. The van der Waals surface area contributed by atoms with E-state index in [1.807, 2.05) is 31.4 Å². The Hall–Kier alpha value is -0.980. The van der Waals surface area contributed by atoms with Crippen LogP contribution >= 0.6 is 35.1 Å². The van der Waals surface area contributed by atoms with E-state index in [1.165, 1.54) is 23.5 Å². The molecule has 1 N–H and O–H groups in total. The molecule has 7 heteroatoms. The Kier molecular flexibility index (Phi) is 5.30. The number of hydrogen-bond acceptors (Lipinski definition) is 6. The topological polar surface area (TPSA) is 50.7 Å².